The van der Waals surface area contributed by atoms with Crippen LogP contribution in [0, 0.1) is 0 Å². The predicted octanol–water partition coefficient (Wildman–Crippen LogP) is 2.75. The summed E-state index contributed by atoms with van der Waals surface area (Å²) >= 11 is 3.49. The number of rotatable bonds is 3. The van der Waals surface area contributed by atoms with Gasteiger partial charge in [-0.05, 0) is 12.8 Å². The van der Waals surface area contributed by atoms with Crippen molar-refractivity contribution in [2.45, 2.75) is 54.2 Å². The maximum absolute atomic E-state index is 6.29. The standard InChI is InChI=1S/C12H22N4S2/c1-16(2)11-14-15-12(18-11)17-10-8-6-4-3-5-7-9(10)13/h9-10H,3-8,13H2,1-2H3. The molecule has 1 saturated carbocycles. The normalized spacial score (nSPS) is 25.5. The number of nitrogens with zero attached hydrogens (tertiary/aromatic N) is 3. The average molecular weight is 286 g/mol. The van der Waals surface area contributed by atoms with E-state index in [2.05, 4.69) is 10.2 Å². The third-order valence-corrected chi connectivity index (χ3v) is 5.88. The summed E-state index contributed by atoms with van der Waals surface area (Å²) in [5.41, 5.74) is 6.29. The minimum atomic E-state index is 0.307. The SMILES string of the molecule is CN(C)c1nnc(SC2CCCCCCC2N)s1. The molecule has 6 heteroatoms. The van der Waals surface area contributed by atoms with Crippen LogP contribution in [0.5, 0.6) is 0 Å². The second kappa shape index (κ2) is 6.73. The summed E-state index contributed by atoms with van der Waals surface area (Å²) in [6.07, 6.45) is 7.62. The van der Waals surface area contributed by atoms with Gasteiger partial charge in [-0.2, -0.15) is 0 Å². The molecule has 1 heterocycles. The Hall–Kier alpha value is -0.330. The van der Waals surface area contributed by atoms with E-state index in [1.54, 1.807) is 11.3 Å². The van der Waals surface area contributed by atoms with Crippen molar-refractivity contribution in [1.82, 2.24) is 10.2 Å². The van der Waals surface area contributed by atoms with Gasteiger partial charge in [0.2, 0.25) is 5.13 Å². The first kappa shape index (κ1) is 14.1. The van der Waals surface area contributed by atoms with Crippen LogP contribution in [0.2, 0.25) is 0 Å². The molecule has 0 spiro atoms. The van der Waals surface area contributed by atoms with Gasteiger partial charge < -0.3 is 10.6 Å². The molecule has 0 aromatic carbocycles. The number of anilines is 1. The summed E-state index contributed by atoms with van der Waals surface area (Å²) < 4.78 is 1.06. The van der Waals surface area contributed by atoms with E-state index >= 15 is 0 Å². The third kappa shape index (κ3) is 3.83. The van der Waals surface area contributed by atoms with Crippen molar-refractivity contribution in [3.05, 3.63) is 0 Å². The molecule has 1 fully saturated rings. The zero-order valence-electron chi connectivity index (χ0n) is 11.1. The zero-order chi connectivity index (χ0) is 13.0. The molecule has 2 rings (SSSR count). The van der Waals surface area contributed by atoms with Crippen LogP contribution in [0.3, 0.4) is 0 Å². The average Bonchev–Trinajstić information content (AvgIpc) is 2.77. The van der Waals surface area contributed by atoms with Crippen LogP contribution in [0.15, 0.2) is 4.34 Å². The Bertz CT molecular complexity index is 367. The van der Waals surface area contributed by atoms with Crippen LogP contribution in [0.25, 0.3) is 0 Å². The van der Waals surface area contributed by atoms with Crippen molar-refractivity contribution in [2.24, 2.45) is 5.73 Å². The summed E-state index contributed by atoms with van der Waals surface area (Å²) in [5.74, 6) is 0. The van der Waals surface area contributed by atoms with Gasteiger partial charge in [0, 0.05) is 25.4 Å². The molecule has 1 aliphatic rings. The molecule has 0 bridgehead atoms. The molecule has 18 heavy (non-hydrogen) atoms. The number of hydrogen-bond acceptors (Lipinski definition) is 6. The van der Waals surface area contributed by atoms with E-state index in [4.69, 9.17) is 5.73 Å². The first-order valence-electron chi connectivity index (χ1n) is 6.60. The number of nitrogens with two attached hydrogens (primary N) is 1. The van der Waals surface area contributed by atoms with Gasteiger partial charge in [-0.3, -0.25) is 0 Å². The van der Waals surface area contributed by atoms with E-state index in [9.17, 15) is 0 Å². The number of thioether (sulfide) groups is 1. The maximum atomic E-state index is 6.29. The summed E-state index contributed by atoms with van der Waals surface area (Å²) in [5, 5.41) is 9.91. The van der Waals surface area contributed by atoms with Crippen LogP contribution in [-0.2, 0) is 0 Å². The lowest BCUT2D eigenvalue weighted by molar-refractivity contribution is 0.463. The van der Waals surface area contributed by atoms with Crippen molar-refractivity contribution in [3.63, 3.8) is 0 Å². The Morgan fingerprint density at radius 3 is 2.56 bits per heavy atom. The van der Waals surface area contributed by atoms with Crippen LogP contribution >= 0.6 is 23.1 Å². The predicted molar refractivity (Wildman–Crippen MR) is 79.6 cm³/mol. The van der Waals surface area contributed by atoms with Crippen LogP contribution in [-0.4, -0.2) is 35.6 Å². The van der Waals surface area contributed by atoms with E-state index in [0.717, 1.165) is 15.9 Å². The van der Waals surface area contributed by atoms with Gasteiger partial charge in [-0.1, -0.05) is 48.8 Å². The minimum Gasteiger partial charge on any atom is -0.353 e. The minimum absolute atomic E-state index is 0.307. The molecule has 0 aliphatic heterocycles. The highest BCUT2D eigenvalue weighted by Crippen LogP contribution is 2.35. The molecule has 0 saturated heterocycles. The molecule has 102 valence electrons. The van der Waals surface area contributed by atoms with Gasteiger partial charge in [-0.25, -0.2) is 0 Å². The fourth-order valence-electron chi connectivity index (χ4n) is 2.19. The molecule has 4 nitrogen and oxygen atoms in total. The quantitative estimate of drug-likeness (QED) is 0.926. The monoisotopic (exact) mass is 286 g/mol. The topological polar surface area (TPSA) is 55.0 Å². The lowest BCUT2D eigenvalue weighted by Gasteiger charge is -2.24. The van der Waals surface area contributed by atoms with Crippen molar-refractivity contribution < 1.29 is 0 Å². The van der Waals surface area contributed by atoms with Crippen LogP contribution < -0.4 is 10.6 Å². The highest BCUT2D eigenvalue weighted by Gasteiger charge is 2.22. The van der Waals surface area contributed by atoms with Crippen molar-refractivity contribution >= 4 is 28.2 Å². The molecular weight excluding hydrogens is 264 g/mol. The Morgan fingerprint density at radius 2 is 1.89 bits per heavy atom. The van der Waals surface area contributed by atoms with Crippen LogP contribution in [0.1, 0.15) is 38.5 Å². The van der Waals surface area contributed by atoms with E-state index < -0.39 is 0 Å². The van der Waals surface area contributed by atoms with Gasteiger partial charge in [0.05, 0.1) is 0 Å². The van der Waals surface area contributed by atoms with Gasteiger partial charge in [0.1, 0.15) is 0 Å². The summed E-state index contributed by atoms with van der Waals surface area (Å²) in [4.78, 5) is 2.00. The van der Waals surface area contributed by atoms with Gasteiger partial charge in [-0.15, -0.1) is 10.2 Å². The first-order valence-corrected chi connectivity index (χ1v) is 8.29. The molecular formula is C12H22N4S2. The highest BCUT2D eigenvalue weighted by molar-refractivity contribution is 8.01. The van der Waals surface area contributed by atoms with E-state index in [1.165, 1.54) is 32.1 Å². The molecule has 1 aromatic rings. The molecule has 2 N–H and O–H groups in total. The maximum Gasteiger partial charge on any atom is 0.208 e. The lowest BCUT2D eigenvalue weighted by atomic mass is 9.97. The van der Waals surface area contributed by atoms with E-state index in [-0.39, 0.29) is 0 Å². The van der Waals surface area contributed by atoms with E-state index in [1.807, 2.05) is 30.8 Å². The molecule has 2 atom stereocenters. The molecule has 1 aromatic heterocycles. The van der Waals surface area contributed by atoms with Gasteiger partial charge in [0.15, 0.2) is 4.34 Å². The lowest BCUT2D eigenvalue weighted by Crippen LogP contribution is -2.33. The third-order valence-electron chi connectivity index (χ3n) is 3.28. The molecule has 1 aliphatic carbocycles. The fourth-order valence-corrected chi connectivity index (χ4v) is 4.42. The number of aromatic nitrogens is 2. The molecule has 2 unspecified atom stereocenters. The Labute approximate surface area is 117 Å². The second-order valence-corrected chi connectivity index (χ2v) is 7.50. The van der Waals surface area contributed by atoms with Gasteiger partial charge in [0.25, 0.3) is 0 Å². The first-order chi connectivity index (χ1) is 8.66. The smallest absolute Gasteiger partial charge is 0.208 e. The largest absolute Gasteiger partial charge is 0.353 e. The van der Waals surface area contributed by atoms with Crippen molar-refractivity contribution in [2.75, 3.05) is 19.0 Å². The van der Waals surface area contributed by atoms with E-state index in [0.29, 0.717) is 11.3 Å². The molecule has 0 amide bonds. The number of hydrogen-bond donors (Lipinski definition) is 1. The Balaban J connectivity index is 1.96. The van der Waals surface area contributed by atoms with Gasteiger partial charge >= 0.3 is 0 Å². The summed E-state index contributed by atoms with van der Waals surface area (Å²) in [6, 6.07) is 0.307. The van der Waals surface area contributed by atoms with Crippen molar-refractivity contribution in [1.29, 1.82) is 0 Å². The fraction of sp³-hybridized carbons (Fsp3) is 0.833. The van der Waals surface area contributed by atoms with Crippen LogP contribution in [0.4, 0.5) is 5.13 Å². The Kier molecular flexibility index (Phi) is 5.26. The summed E-state index contributed by atoms with van der Waals surface area (Å²) in [6.45, 7) is 0. The summed E-state index contributed by atoms with van der Waals surface area (Å²) in [7, 11) is 3.99. The Morgan fingerprint density at radius 1 is 1.17 bits per heavy atom. The highest BCUT2D eigenvalue weighted by atomic mass is 32.2. The molecule has 0 radical (unpaired) electrons. The van der Waals surface area contributed by atoms with Crippen molar-refractivity contribution in [3.8, 4) is 0 Å². The zero-order valence-corrected chi connectivity index (χ0v) is 12.8. The second-order valence-electron chi connectivity index (χ2n) is 5.06.